The number of hydrogen-bond donors (Lipinski definition) is 0. The Morgan fingerprint density at radius 2 is 1.29 bits per heavy atom. The van der Waals surface area contributed by atoms with E-state index in [1.54, 1.807) is 4.67 Å². The van der Waals surface area contributed by atoms with Crippen LogP contribution in [0.5, 0.6) is 0 Å². The minimum Gasteiger partial charge on any atom is -0.453 e. The van der Waals surface area contributed by atoms with Crippen LogP contribution in [0.15, 0.2) is 0 Å². The van der Waals surface area contributed by atoms with E-state index in [0.717, 1.165) is 38.8 Å². The Balaban J connectivity index is 0. The average Bonchev–Trinajstić information content (AvgIpc) is 2.79. The minimum absolute atomic E-state index is 0. The quantitative estimate of drug-likeness (QED) is 0.241. The van der Waals surface area contributed by atoms with Gasteiger partial charge in [0.25, 0.3) is 0 Å². The van der Waals surface area contributed by atoms with Crippen LogP contribution in [0.2, 0.25) is 0 Å². The molecule has 0 spiro atoms. The average molecular weight is 534 g/mol. The molecule has 0 radical (unpaired) electrons. The summed E-state index contributed by atoms with van der Waals surface area (Å²) in [6, 6.07) is 0. The van der Waals surface area contributed by atoms with E-state index < -0.39 is 21.6 Å². The molecule has 1 saturated heterocycles. The molecule has 0 atom stereocenters. The Bertz CT molecular complexity index is 593. The lowest BCUT2D eigenvalue weighted by Gasteiger charge is -2.36. The van der Waals surface area contributed by atoms with Gasteiger partial charge in [0, 0.05) is 26.2 Å². The van der Waals surface area contributed by atoms with Crippen molar-refractivity contribution < 1.29 is 36.8 Å². The van der Waals surface area contributed by atoms with Crippen molar-refractivity contribution in [2.45, 2.75) is 74.7 Å². The molecule has 1 amide bonds. The Labute approximate surface area is 207 Å². The maximum Gasteiger partial charge on any atom is 0.413 e. The van der Waals surface area contributed by atoms with Gasteiger partial charge in [0.2, 0.25) is 0 Å². The maximum atomic E-state index is 12.5. The van der Waals surface area contributed by atoms with Crippen molar-refractivity contribution in [3.8, 4) is 0 Å². The van der Waals surface area contributed by atoms with Gasteiger partial charge in [-0.2, -0.15) is 0 Å². The van der Waals surface area contributed by atoms with Crippen molar-refractivity contribution in [3.05, 3.63) is 0 Å². The van der Waals surface area contributed by atoms with E-state index >= 15 is 0 Å². The molecule has 11 nitrogen and oxygen atoms in total. The molecule has 0 aromatic rings. The Hall–Kier alpha value is -0.510. The van der Waals surface area contributed by atoms with Crippen LogP contribution in [0.1, 0.15) is 74.7 Å². The summed E-state index contributed by atoms with van der Waals surface area (Å²) in [5.74, 6) is 0. The largest absolute Gasteiger partial charge is 0.453 e. The Morgan fingerprint density at radius 1 is 0.882 bits per heavy atom. The number of hydrogen-bond acceptors (Lipinski definition) is 8. The van der Waals surface area contributed by atoms with Gasteiger partial charge in [-0.15, -0.1) is 0 Å². The van der Waals surface area contributed by atoms with Gasteiger partial charge in [0.1, 0.15) is 13.5 Å². The summed E-state index contributed by atoms with van der Waals surface area (Å²) in [7, 11) is -5.01. The summed E-state index contributed by atoms with van der Waals surface area (Å²) in [5.41, 5.74) is 0. The van der Waals surface area contributed by atoms with Gasteiger partial charge in [-0.05, 0) is 39.5 Å². The molecule has 1 heterocycles. The topological polar surface area (TPSA) is 107 Å². The van der Waals surface area contributed by atoms with Crippen molar-refractivity contribution in [1.82, 2.24) is 14.2 Å². The van der Waals surface area contributed by atoms with Crippen LogP contribution in [-0.2, 0) is 32.0 Å². The smallest absolute Gasteiger partial charge is 0.413 e. The first-order valence-electron chi connectivity index (χ1n) is 11.8. The molecule has 1 rings (SSSR count). The van der Waals surface area contributed by atoms with E-state index in [0.29, 0.717) is 26.3 Å². The summed E-state index contributed by atoms with van der Waals surface area (Å²) in [4.78, 5) is 12.4. The molecule has 1 fully saturated rings. The highest BCUT2D eigenvalue weighted by Gasteiger charge is 2.38. The molecule has 13 heteroatoms. The molecule has 0 saturated carbocycles. The molecule has 0 aliphatic carbocycles. The van der Waals surface area contributed by atoms with Gasteiger partial charge in [-0.3, -0.25) is 23.0 Å². The highest BCUT2D eigenvalue weighted by molar-refractivity contribution is 7.51. The Morgan fingerprint density at radius 3 is 1.62 bits per heavy atom. The van der Waals surface area contributed by atoms with Crippen LogP contribution in [0.4, 0.5) is 4.79 Å². The highest BCUT2D eigenvalue weighted by Crippen LogP contribution is 2.54. The van der Waals surface area contributed by atoms with Crippen molar-refractivity contribution in [1.29, 1.82) is 0 Å². The van der Waals surface area contributed by atoms with E-state index in [2.05, 4.69) is 18.6 Å². The summed E-state index contributed by atoms with van der Waals surface area (Å²) in [6.07, 6.45) is 3.06. The second-order valence-corrected chi connectivity index (χ2v) is 11.2. The lowest BCUT2D eigenvalue weighted by Crippen LogP contribution is -2.40. The van der Waals surface area contributed by atoms with E-state index in [1.165, 1.54) is 12.0 Å². The van der Waals surface area contributed by atoms with Gasteiger partial charge in [0.05, 0.1) is 20.3 Å². The summed E-state index contributed by atoms with van der Waals surface area (Å²) < 4.78 is 54.0. The predicted octanol–water partition coefficient (Wildman–Crippen LogP) is 6.17. The first-order valence-corrected chi connectivity index (χ1v) is 14.8. The van der Waals surface area contributed by atoms with Crippen molar-refractivity contribution in [2.24, 2.45) is 0 Å². The van der Waals surface area contributed by atoms with E-state index in [1.807, 2.05) is 32.4 Å². The molecule has 0 bridgehead atoms. The molecule has 34 heavy (non-hydrogen) atoms. The number of amides is 1. The second kappa shape index (κ2) is 19.7. The van der Waals surface area contributed by atoms with Gasteiger partial charge in [0.15, 0.2) is 0 Å². The summed E-state index contributed by atoms with van der Waals surface area (Å²) in [6.45, 7) is 15.3. The molecule has 206 valence electrons. The number of methoxy groups -OCH3 is 1. The third-order valence-corrected chi connectivity index (χ3v) is 8.63. The van der Waals surface area contributed by atoms with Gasteiger partial charge < -0.3 is 4.74 Å². The van der Waals surface area contributed by atoms with Gasteiger partial charge in [-0.25, -0.2) is 23.3 Å². The van der Waals surface area contributed by atoms with E-state index in [4.69, 9.17) is 18.1 Å². The fourth-order valence-electron chi connectivity index (χ4n) is 3.03. The minimum atomic E-state index is -3.26. The maximum absolute atomic E-state index is 12.5. The number of rotatable bonds is 14. The van der Waals surface area contributed by atoms with Crippen LogP contribution in [0.3, 0.4) is 0 Å². The molecular weight excluding hydrogens is 484 g/mol. The number of ether oxygens (including phenoxy) is 1. The second-order valence-electron chi connectivity index (χ2n) is 7.21. The number of carbonyl (C=O) groups excluding carboxylic acids is 1. The monoisotopic (exact) mass is 533 g/mol. The molecule has 1 aliphatic heterocycles. The highest BCUT2D eigenvalue weighted by atomic mass is 31.2. The van der Waals surface area contributed by atoms with Crippen LogP contribution < -0.4 is 0 Å². The first kappa shape index (κ1) is 35.7. The third kappa shape index (κ3) is 12.0. The fraction of sp³-hybridized carbons (Fsp3) is 0.952. The summed E-state index contributed by atoms with van der Waals surface area (Å²) in [5, 5.41) is 0. The van der Waals surface area contributed by atoms with Crippen LogP contribution >= 0.6 is 15.5 Å². The molecule has 0 aromatic carbocycles. The van der Waals surface area contributed by atoms with Gasteiger partial charge in [-0.1, -0.05) is 35.1 Å². The standard InChI is InChI=1S/C10H21N2O5P.C10H24NO3P.CH4/c1-4-6-12(7-5-2)18(14)16-8-11(9-17-18)10(13)15-3;1-5-9-11(10-6-2)15(12,13-7-3)14-8-4;/h4-9H2,1-3H3;5-10H2,1-4H3;1H4. The zero-order chi connectivity index (χ0) is 25.3. The SMILES string of the molecule is C.CCCN(CCC)P(=O)(OCC)OCC.CCCN(CCC)P1(=O)OCN(C(=O)OC)CO1. The lowest BCUT2D eigenvalue weighted by atomic mass is 10.4. The third-order valence-electron chi connectivity index (χ3n) is 4.39. The lowest BCUT2D eigenvalue weighted by molar-refractivity contribution is -0.0160. The normalized spacial score (nSPS) is 15.5. The first-order chi connectivity index (χ1) is 15.7. The molecule has 0 N–H and O–H groups in total. The van der Waals surface area contributed by atoms with Gasteiger partial charge >= 0.3 is 21.6 Å². The Kier molecular flexibility index (Phi) is 20.6. The molecule has 0 unspecified atom stereocenters. The molecular formula is C21H49N3O8P2. The van der Waals surface area contributed by atoms with Crippen LogP contribution in [0, 0.1) is 0 Å². The zero-order valence-electron chi connectivity index (χ0n) is 21.5. The van der Waals surface area contributed by atoms with E-state index in [9.17, 15) is 13.9 Å². The summed E-state index contributed by atoms with van der Waals surface area (Å²) >= 11 is 0. The van der Waals surface area contributed by atoms with Crippen LogP contribution in [-0.4, -0.2) is 80.3 Å². The van der Waals surface area contributed by atoms with E-state index in [-0.39, 0.29) is 20.9 Å². The fourth-order valence-corrected chi connectivity index (χ4v) is 6.84. The number of carbonyl (C=O) groups is 1. The number of nitrogens with zero attached hydrogens (tertiary/aromatic N) is 3. The van der Waals surface area contributed by atoms with Crippen LogP contribution in [0.25, 0.3) is 0 Å². The van der Waals surface area contributed by atoms with Crippen molar-refractivity contribution >= 4 is 21.6 Å². The van der Waals surface area contributed by atoms with Crippen molar-refractivity contribution in [3.63, 3.8) is 0 Å². The van der Waals surface area contributed by atoms with Crippen molar-refractivity contribution in [2.75, 3.05) is 60.0 Å². The molecule has 0 aromatic heterocycles. The molecule has 1 aliphatic rings. The zero-order valence-corrected chi connectivity index (χ0v) is 23.3. The predicted molar refractivity (Wildman–Crippen MR) is 136 cm³/mol.